The van der Waals surface area contributed by atoms with Gasteiger partial charge in [0.15, 0.2) is 0 Å². The standard InChI is InChI=1S/C15H20BrNO/c1-10(18)14-6-5-13(16)7-15(14)17-8-11-3-2-4-12(11)9-17/h5-7,10-12,18H,2-4,8-9H2,1H3. The lowest BCUT2D eigenvalue weighted by Crippen LogP contribution is -2.22. The van der Waals surface area contributed by atoms with Gasteiger partial charge >= 0.3 is 0 Å². The Bertz CT molecular complexity index is 434. The van der Waals surface area contributed by atoms with Crippen LogP contribution in [-0.2, 0) is 0 Å². The van der Waals surface area contributed by atoms with Crippen LogP contribution in [0.2, 0.25) is 0 Å². The van der Waals surface area contributed by atoms with Gasteiger partial charge in [0.25, 0.3) is 0 Å². The molecular weight excluding hydrogens is 290 g/mol. The van der Waals surface area contributed by atoms with Crippen molar-refractivity contribution >= 4 is 21.6 Å². The summed E-state index contributed by atoms with van der Waals surface area (Å²) < 4.78 is 1.10. The summed E-state index contributed by atoms with van der Waals surface area (Å²) in [6, 6.07) is 6.21. The number of aliphatic hydroxyl groups excluding tert-OH is 1. The molecule has 0 radical (unpaired) electrons. The third kappa shape index (κ3) is 2.19. The summed E-state index contributed by atoms with van der Waals surface area (Å²) in [5, 5.41) is 9.92. The van der Waals surface area contributed by atoms with Crippen LogP contribution in [0, 0.1) is 11.8 Å². The highest BCUT2D eigenvalue weighted by Gasteiger charge is 2.36. The zero-order valence-corrected chi connectivity index (χ0v) is 12.4. The van der Waals surface area contributed by atoms with E-state index in [2.05, 4.69) is 26.9 Å². The van der Waals surface area contributed by atoms with Crippen molar-refractivity contribution in [3.8, 4) is 0 Å². The van der Waals surface area contributed by atoms with Crippen molar-refractivity contribution in [2.24, 2.45) is 11.8 Å². The number of benzene rings is 1. The molecule has 1 aliphatic carbocycles. The maximum atomic E-state index is 9.92. The largest absolute Gasteiger partial charge is 0.389 e. The van der Waals surface area contributed by atoms with Crippen LogP contribution in [0.25, 0.3) is 0 Å². The summed E-state index contributed by atoms with van der Waals surface area (Å²) in [7, 11) is 0. The molecular formula is C15H20BrNO. The lowest BCUT2D eigenvalue weighted by Gasteiger charge is -2.24. The van der Waals surface area contributed by atoms with Crippen LogP contribution in [0.5, 0.6) is 0 Å². The van der Waals surface area contributed by atoms with Crippen molar-refractivity contribution in [2.45, 2.75) is 32.3 Å². The highest BCUT2D eigenvalue weighted by Crippen LogP contribution is 2.41. The van der Waals surface area contributed by atoms with Crippen LogP contribution < -0.4 is 4.90 Å². The van der Waals surface area contributed by atoms with Crippen LogP contribution in [0.3, 0.4) is 0 Å². The average Bonchev–Trinajstić information content (AvgIpc) is 2.88. The smallest absolute Gasteiger partial charge is 0.0782 e. The molecule has 0 bridgehead atoms. The minimum absolute atomic E-state index is 0.395. The van der Waals surface area contributed by atoms with Crippen molar-refractivity contribution in [2.75, 3.05) is 18.0 Å². The topological polar surface area (TPSA) is 23.5 Å². The molecule has 1 saturated carbocycles. The molecule has 1 aromatic rings. The predicted molar refractivity (Wildman–Crippen MR) is 77.8 cm³/mol. The van der Waals surface area contributed by atoms with E-state index in [0.717, 1.165) is 21.9 Å². The van der Waals surface area contributed by atoms with E-state index in [4.69, 9.17) is 0 Å². The number of anilines is 1. The van der Waals surface area contributed by atoms with Gasteiger partial charge in [-0.25, -0.2) is 0 Å². The van der Waals surface area contributed by atoms with E-state index in [1.165, 1.54) is 38.0 Å². The summed E-state index contributed by atoms with van der Waals surface area (Å²) in [6.45, 7) is 4.19. The molecule has 1 aliphatic heterocycles. The summed E-state index contributed by atoms with van der Waals surface area (Å²) in [4.78, 5) is 2.47. The van der Waals surface area contributed by atoms with Crippen molar-refractivity contribution in [1.82, 2.24) is 0 Å². The fraction of sp³-hybridized carbons (Fsp3) is 0.600. The number of nitrogens with zero attached hydrogens (tertiary/aromatic N) is 1. The Hall–Kier alpha value is -0.540. The molecule has 3 rings (SSSR count). The van der Waals surface area contributed by atoms with E-state index in [1.807, 2.05) is 19.1 Å². The lowest BCUT2D eigenvalue weighted by atomic mass is 10.0. The normalized spacial score (nSPS) is 28.5. The van der Waals surface area contributed by atoms with E-state index < -0.39 is 6.10 Å². The van der Waals surface area contributed by atoms with Gasteiger partial charge in [-0.15, -0.1) is 0 Å². The minimum Gasteiger partial charge on any atom is -0.389 e. The van der Waals surface area contributed by atoms with Crippen LogP contribution >= 0.6 is 15.9 Å². The van der Waals surface area contributed by atoms with Crippen LogP contribution in [0.4, 0.5) is 5.69 Å². The van der Waals surface area contributed by atoms with Gasteiger partial charge in [-0.2, -0.15) is 0 Å². The predicted octanol–water partition coefficient (Wildman–Crippen LogP) is 3.74. The molecule has 2 aliphatic rings. The maximum absolute atomic E-state index is 9.92. The fourth-order valence-electron chi connectivity index (χ4n) is 3.58. The van der Waals surface area contributed by atoms with Crippen molar-refractivity contribution < 1.29 is 5.11 Å². The van der Waals surface area contributed by atoms with E-state index >= 15 is 0 Å². The molecule has 98 valence electrons. The molecule has 1 saturated heterocycles. The SMILES string of the molecule is CC(O)c1ccc(Br)cc1N1CC2CCCC2C1. The van der Waals surface area contributed by atoms with Gasteiger partial charge in [-0.1, -0.05) is 28.4 Å². The van der Waals surface area contributed by atoms with Crippen molar-refractivity contribution in [3.05, 3.63) is 28.2 Å². The Balaban J connectivity index is 1.89. The lowest BCUT2D eigenvalue weighted by molar-refractivity contribution is 0.199. The second-order valence-corrected chi connectivity index (χ2v) is 6.65. The first-order chi connectivity index (χ1) is 8.65. The third-order valence-corrected chi connectivity index (χ3v) is 5.00. The van der Waals surface area contributed by atoms with Crippen molar-refractivity contribution in [3.63, 3.8) is 0 Å². The number of rotatable bonds is 2. The first-order valence-electron chi connectivity index (χ1n) is 6.87. The first-order valence-corrected chi connectivity index (χ1v) is 7.67. The van der Waals surface area contributed by atoms with Gasteiger partial charge in [-0.05, 0) is 43.7 Å². The number of fused-ring (bicyclic) bond motifs is 1. The Labute approximate surface area is 117 Å². The van der Waals surface area contributed by atoms with Gasteiger partial charge in [0.2, 0.25) is 0 Å². The molecule has 0 amide bonds. The average molecular weight is 310 g/mol. The van der Waals surface area contributed by atoms with Gasteiger partial charge < -0.3 is 10.0 Å². The summed E-state index contributed by atoms with van der Waals surface area (Å²) in [5.74, 6) is 1.76. The molecule has 1 heterocycles. The Morgan fingerprint density at radius 3 is 2.56 bits per heavy atom. The molecule has 0 spiro atoms. The minimum atomic E-state index is -0.395. The quantitative estimate of drug-likeness (QED) is 0.899. The van der Waals surface area contributed by atoms with Gasteiger partial charge in [0, 0.05) is 28.8 Å². The molecule has 0 aromatic heterocycles. The molecule has 18 heavy (non-hydrogen) atoms. The van der Waals surface area contributed by atoms with Gasteiger partial charge in [0.1, 0.15) is 0 Å². The van der Waals surface area contributed by atoms with Gasteiger partial charge in [-0.3, -0.25) is 0 Å². The monoisotopic (exact) mass is 309 g/mol. The van der Waals surface area contributed by atoms with E-state index in [0.29, 0.717) is 0 Å². The first kappa shape index (κ1) is 12.5. The zero-order valence-electron chi connectivity index (χ0n) is 10.8. The molecule has 3 atom stereocenters. The molecule has 1 aromatic carbocycles. The summed E-state index contributed by atoms with van der Waals surface area (Å²) in [5.41, 5.74) is 2.27. The summed E-state index contributed by atoms with van der Waals surface area (Å²) >= 11 is 3.55. The van der Waals surface area contributed by atoms with E-state index in [1.54, 1.807) is 0 Å². The van der Waals surface area contributed by atoms with E-state index in [9.17, 15) is 5.11 Å². The van der Waals surface area contributed by atoms with Crippen molar-refractivity contribution in [1.29, 1.82) is 0 Å². The van der Waals surface area contributed by atoms with Crippen LogP contribution in [0.1, 0.15) is 37.9 Å². The molecule has 1 N–H and O–H groups in total. The number of aliphatic hydroxyl groups is 1. The number of hydrogen-bond donors (Lipinski definition) is 1. The highest BCUT2D eigenvalue weighted by atomic mass is 79.9. The van der Waals surface area contributed by atoms with Crippen LogP contribution in [0.15, 0.2) is 22.7 Å². The molecule has 2 nitrogen and oxygen atoms in total. The highest BCUT2D eigenvalue weighted by molar-refractivity contribution is 9.10. The number of halogens is 1. The Kier molecular flexibility index (Phi) is 3.37. The van der Waals surface area contributed by atoms with Crippen LogP contribution in [-0.4, -0.2) is 18.2 Å². The molecule has 3 heteroatoms. The van der Waals surface area contributed by atoms with Gasteiger partial charge in [0.05, 0.1) is 6.10 Å². The Morgan fingerprint density at radius 1 is 1.28 bits per heavy atom. The third-order valence-electron chi connectivity index (χ3n) is 4.51. The maximum Gasteiger partial charge on any atom is 0.0782 e. The molecule has 2 fully saturated rings. The fourth-order valence-corrected chi connectivity index (χ4v) is 3.92. The van der Waals surface area contributed by atoms with E-state index in [-0.39, 0.29) is 0 Å². The zero-order chi connectivity index (χ0) is 12.7. The summed E-state index contributed by atoms with van der Waals surface area (Å²) in [6.07, 6.45) is 3.79. The Morgan fingerprint density at radius 2 is 1.94 bits per heavy atom. The second kappa shape index (κ2) is 4.86. The second-order valence-electron chi connectivity index (χ2n) is 5.74. The molecule has 3 unspecified atom stereocenters. The number of hydrogen-bond acceptors (Lipinski definition) is 2.